The van der Waals surface area contributed by atoms with Crippen molar-refractivity contribution in [1.29, 1.82) is 5.26 Å². The summed E-state index contributed by atoms with van der Waals surface area (Å²) in [7, 11) is 4.04. The third-order valence-electron chi connectivity index (χ3n) is 8.96. The minimum absolute atomic E-state index is 0.134. The van der Waals surface area contributed by atoms with Gasteiger partial charge in [0.1, 0.15) is 17.4 Å². The minimum Gasteiger partial charge on any atom is -0.358 e. The lowest BCUT2D eigenvalue weighted by molar-refractivity contribution is -0.123. The first-order valence-electron chi connectivity index (χ1n) is 15.4. The van der Waals surface area contributed by atoms with Gasteiger partial charge in [0.05, 0.1) is 11.6 Å². The molecule has 0 unspecified atom stereocenters. The smallest absolute Gasteiger partial charge is 0.350 e. The summed E-state index contributed by atoms with van der Waals surface area (Å²) in [5.41, 5.74) is -0.178. The second kappa shape index (κ2) is 13.8. The van der Waals surface area contributed by atoms with E-state index >= 15 is 0 Å². The summed E-state index contributed by atoms with van der Waals surface area (Å²) in [6.45, 7) is 12.7. The Hall–Kier alpha value is -2.92. The third kappa shape index (κ3) is 9.03. The number of rotatable bonds is 15. The molecule has 1 heterocycles. The Morgan fingerprint density at radius 1 is 1.12 bits per heavy atom. The summed E-state index contributed by atoms with van der Waals surface area (Å²) in [6.07, 6.45) is 8.92. The lowest BCUT2D eigenvalue weighted by atomic mass is 9.77. The second-order valence-electron chi connectivity index (χ2n) is 13.9. The Morgan fingerprint density at radius 2 is 1.78 bits per heavy atom. The van der Waals surface area contributed by atoms with Crippen molar-refractivity contribution < 1.29 is 4.79 Å². The highest BCUT2D eigenvalue weighted by atomic mass is 16.2. The van der Waals surface area contributed by atoms with Crippen LogP contribution < -0.4 is 16.3 Å². The summed E-state index contributed by atoms with van der Waals surface area (Å²) >= 11 is 0. The fraction of sp³-hybridized carbons (Fsp3) is 0.697. The highest BCUT2D eigenvalue weighted by molar-refractivity contribution is 5.92. The predicted molar refractivity (Wildman–Crippen MR) is 168 cm³/mol. The van der Waals surface area contributed by atoms with E-state index in [1.165, 1.54) is 0 Å². The zero-order valence-electron chi connectivity index (χ0n) is 26.5. The van der Waals surface area contributed by atoms with Crippen molar-refractivity contribution in [3.05, 3.63) is 34.7 Å². The van der Waals surface area contributed by atoms with Gasteiger partial charge < -0.3 is 15.5 Å². The number of carbonyl (C=O) groups excluding carboxylic acids is 1. The van der Waals surface area contributed by atoms with Gasteiger partial charge in [-0.05, 0) is 95.0 Å². The van der Waals surface area contributed by atoms with Crippen LogP contribution in [0.15, 0.2) is 29.1 Å². The van der Waals surface area contributed by atoms with E-state index in [2.05, 4.69) is 61.2 Å². The zero-order valence-corrected chi connectivity index (χ0v) is 26.5. The number of fused-ring (bicyclic) bond motifs is 1. The maximum Gasteiger partial charge on any atom is 0.350 e. The van der Waals surface area contributed by atoms with E-state index in [-0.39, 0.29) is 17.0 Å². The lowest BCUT2D eigenvalue weighted by Crippen LogP contribution is -2.52. The first kappa shape index (κ1) is 32.6. The topological polar surface area (TPSA) is 103 Å². The van der Waals surface area contributed by atoms with E-state index in [4.69, 9.17) is 0 Å². The van der Waals surface area contributed by atoms with Gasteiger partial charge in [0.2, 0.25) is 5.91 Å². The van der Waals surface area contributed by atoms with Crippen molar-refractivity contribution in [3.63, 3.8) is 0 Å². The monoisotopic (exact) mass is 564 g/mol. The maximum atomic E-state index is 13.9. The molecule has 8 heteroatoms. The van der Waals surface area contributed by atoms with Crippen LogP contribution in [0.4, 0.5) is 5.82 Å². The van der Waals surface area contributed by atoms with Crippen molar-refractivity contribution in [2.45, 2.75) is 117 Å². The standard InChI is InChI=1S/C33H52N6O2/c1-8-31(2,3)17-13-18-32(4,5)23-26(29(40)37-33(24-34)19-11-12-20-33)35-28-25-15-9-10-16-27(25)39(30(41)36-28)22-14-21-38(6)7/h9-10,15-16,26H,8,11-14,17-23H2,1-7H3,(H,37,40)(H,35,36,41)/t26-/m0/s1. The Bertz CT molecular complexity index is 1270. The highest BCUT2D eigenvalue weighted by Gasteiger charge is 2.38. The van der Waals surface area contributed by atoms with Gasteiger partial charge in [-0.3, -0.25) is 9.36 Å². The van der Waals surface area contributed by atoms with Gasteiger partial charge in [-0.25, -0.2) is 4.79 Å². The van der Waals surface area contributed by atoms with Gasteiger partial charge in [-0.15, -0.1) is 0 Å². The molecule has 0 aliphatic heterocycles. The van der Waals surface area contributed by atoms with Gasteiger partial charge in [0.15, 0.2) is 0 Å². The number of hydrogen-bond acceptors (Lipinski definition) is 6. The van der Waals surface area contributed by atoms with Crippen LogP contribution in [0.2, 0.25) is 0 Å². The fourth-order valence-electron chi connectivity index (χ4n) is 5.92. The molecule has 0 saturated heterocycles. The molecular weight excluding hydrogens is 512 g/mol. The van der Waals surface area contributed by atoms with Crippen LogP contribution in [0.1, 0.15) is 98.8 Å². The van der Waals surface area contributed by atoms with Crippen LogP contribution >= 0.6 is 0 Å². The normalized spacial score (nSPS) is 16.1. The summed E-state index contributed by atoms with van der Waals surface area (Å²) in [4.78, 5) is 33.7. The summed E-state index contributed by atoms with van der Waals surface area (Å²) in [5, 5.41) is 17.3. The molecule has 8 nitrogen and oxygen atoms in total. The number of nitriles is 1. The van der Waals surface area contributed by atoms with Gasteiger partial charge in [-0.1, -0.05) is 59.6 Å². The predicted octanol–water partition coefficient (Wildman–Crippen LogP) is 6.10. The molecule has 41 heavy (non-hydrogen) atoms. The van der Waals surface area contributed by atoms with Crippen molar-refractivity contribution in [2.24, 2.45) is 10.8 Å². The van der Waals surface area contributed by atoms with Crippen molar-refractivity contribution >= 4 is 22.6 Å². The molecule has 1 aliphatic carbocycles. The van der Waals surface area contributed by atoms with Gasteiger partial charge in [0, 0.05) is 11.9 Å². The maximum absolute atomic E-state index is 13.9. The van der Waals surface area contributed by atoms with Crippen LogP contribution in [-0.2, 0) is 11.3 Å². The molecule has 226 valence electrons. The third-order valence-corrected chi connectivity index (χ3v) is 8.96. The molecule has 1 saturated carbocycles. The molecule has 2 N–H and O–H groups in total. The Kier molecular flexibility index (Phi) is 11.0. The van der Waals surface area contributed by atoms with Crippen LogP contribution in [0, 0.1) is 22.2 Å². The van der Waals surface area contributed by atoms with Crippen LogP contribution in [0.5, 0.6) is 0 Å². The molecular formula is C33H52N6O2. The Morgan fingerprint density at radius 3 is 2.41 bits per heavy atom. The van der Waals surface area contributed by atoms with Crippen molar-refractivity contribution in [2.75, 3.05) is 26.0 Å². The molecule has 3 rings (SSSR count). The molecule has 1 atom stereocenters. The van der Waals surface area contributed by atoms with Crippen LogP contribution in [-0.4, -0.2) is 52.6 Å². The van der Waals surface area contributed by atoms with Crippen molar-refractivity contribution in [3.8, 4) is 6.07 Å². The number of hydrogen-bond donors (Lipinski definition) is 2. The molecule has 1 aliphatic rings. The lowest BCUT2D eigenvalue weighted by Gasteiger charge is -2.33. The average molecular weight is 565 g/mol. The van der Waals surface area contributed by atoms with Gasteiger partial charge >= 0.3 is 5.69 Å². The average Bonchev–Trinajstić information content (AvgIpc) is 3.38. The fourth-order valence-corrected chi connectivity index (χ4v) is 5.92. The van der Waals surface area contributed by atoms with Gasteiger partial charge in [0.25, 0.3) is 0 Å². The summed E-state index contributed by atoms with van der Waals surface area (Å²) < 4.78 is 1.72. The number of para-hydroxylation sites is 1. The number of amides is 1. The number of aryl methyl sites for hydroxylation is 1. The zero-order chi connectivity index (χ0) is 30.3. The molecule has 1 aromatic carbocycles. The van der Waals surface area contributed by atoms with E-state index in [0.29, 0.717) is 37.0 Å². The van der Waals surface area contributed by atoms with Crippen LogP contribution in [0.3, 0.4) is 0 Å². The van der Waals surface area contributed by atoms with E-state index < -0.39 is 11.6 Å². The largest absolute Gasteiger partial charge is 0.358 e. The number of aromatic nitrogens is 2. The summed E-state index contributed by atoms with van der Waals surface area (Å²) in [5.74, 6) is 0.228. The molecule has 1 fully saturated rings. The summed E-state index contributed by atoms with van der Waals surface area (Å²) in [6, 6.07) is 9.51. The number of benzene rings is 1. The molecule has 0 bridgehead atoms. The molecule has 1 amide bonds. The number of nitrogens with zero attached hydrogens (tertiary/aromatic N) is 4. The van der Waals surface area contributed by atoms with E-state index in [9.17, 15) is 14.9 Å². The van der Waals surface area contributed by atoms with E-state index in [0.717, 1.165) is 62.4 Å². The molecule has 1 aromatic heterocycles. The van der Waals surface area contributed by atoms with E-state index in [1.807, 2.05) is 38.4 Å². The second-order valence-corrected chi connectivity index (χ2v) is 13.9. The number of carbonyl (C=O) groups is 1. The van der Waals surface area contributed by atoms with Gasteiger partial charge in [-0.2, -0.15) is 10.2 Å². The quantitative estimate of drug-likeness (QED) is 0.271. The molecule has 0 spiro atoms. The number of anilines is 1. The Balaban J connectivity index is 1.91. The minimum atomic E-state index is -0.822. The number of nitrogens with one attached hydrogen (secondary N) is 2. The first-order chi connectivity index (χ1) is 19.3. The van der Waals surface area contributed by atoms with E-state index in [1.54, 1.807) is 4.57 Å². The molecule has 2 aromatic rings. The Labute approximate surface area is 246 Å². The first-order valence-corrected chi connectivity index (χ1v) is 15.4. The van der Waals surface area contributed by atoms with Crippen LogP contribution in [0.25, 0.3) is 10.9 Å². The SMILES string of the molecule is CCC(C)(C)CCCC(C)(C)C[C@H](Nc1nc(=O)n(CCCN(C)C)c2ccccc12)C(=O)NC1(C#N)CCCC1. The highest BCUT2D eigenvalue weighted by Crippen LogP contribution is 2.35. The van der Waals surface area contributed by atoms with Crippen molar-refractivity contribution in [1.82, 2.24) is 19.8 Å². The molecule has 0 radical (unpaired) electrons.